The van der Waals surface area contributed by atoms with Gasteiger partial charge in [-0.3, -0.25) is 14.5 Å². The first-order chi connectivity index (χ1) is 6.75. The molecule has 2 heterocycles. The average molecular weight is 188 g/mol. The zero-order valence-corrected chi connectivity index (χ0v) is 7.65. The van der Waals surface area contributed by atoms with Crippen molar-refractivity contribution in [2.45, 2.75) is 6.92 Å². The lowest BCUT2D eigenvalue weighted by Crippen LogP contribution is -2.31. The Bertz CT molecular complexity index is 437. The largest absolute Gasteiger partial charge is 0.275 e. The van der Waals surface area contributed by atoms with Crippen LogP contribution in [0.25, 0.3) is 0 Å². The Balaban J connectivity index is 2.53. The molecule has 4 heteroatoms. The van der Waals surface area contributed by atoms with Crippen molar-refractivity contribution >= 4 is 17.7 Å². The van der Waals surface area contributed by atoms with Crippen molar-refractivity contribution < 1.29 is 9.59 Å². The summed E-state index contributed by atoms with van der Waals surface area (Å²) in [7, 11) is 0. The van der Waals surface area contributed by atoms with Crippen molar-refractivity contribution in [2.75, 3.05) is 6.54 Å². The number of likely N-dealkylation sites (N-methyl/N-ethyl adjacent to an activating group) is 1. The maximum Gasteiger partial charge on any atom is 0.262 e. The Labute approximate surface area is 80.9 Å². The van der Waals surface area contributed by atoms with Gasteiger partial charge in [-0.2, -0.15) is 0 Å². The minimum absolute atomic E-state index is 0.251. The van der Waals surface area contributed by atoms with Crippen LogP contribution in [-0.2, 0) is 9.59 Å². The van der Waals surface area contributed by atoms with E-state index in [9.17, 15) is 9.59 Å². The molecule has 0 aromatic heterocycles. The fourth-order valence-corrected chi connectivity index (χ4v) is 1.46. The first-order valence-electron chi connectivity index (χ1n) is 4.31. The minimum atomic E-state index is -0.262. The lowest BCUT2D eigenvalue weighted by atomic mass is 10.1. The molecular weight excluding hydrogens is 180 g/mol. The third-order valence-electron chi connectivity index (χ3n) is 2.16. The summed E-state index contributed by atoms with van der Waals surface area (Å²) < 4.78 is 0. The molecule has 0 saturated heterocycles. The monoisotopic (exact) mass is 188 g/mol. The van der Waals surface area contributed by atoms with E-state index in [2.05, 4.69) is 10.9 Å². The molecule has 2 aliphatic heterocycles. The number of carbonyl (C=O) groups excluding carboxylic acids is 2. The second-order valence-corrected chi connectivity index (χ2v) is 2.90. The summed E-state index contributed by atoms with van der Waals surface area (Å²) in [6.45, 7) is 2.16. The summed E-state index contributed by atoms with van der Waals surface area (Å²) in [5, 5.41) is 0. The van der Waals surface area contributed by atoms with E-state index in [4.69, 9.17) is 0 Å². The number of carbonyl (C=O) groups is 2. The van der Waals surface area contributed by atoms with E-state index in [0.29, 0.717) is 17.7 Å². The van der Waals surface area contributed by atoms with Crippen LogP contribution in [0.2, 0.25) is 0 Å². The summed E-state index contributed by atoms with van der Waals surface area (Å²) in [4.78, 5) is 28.2. The van der Waals surface area contributed by atoms with Gasteiger partial charge in [0.05, 0.1) is 11.1 Å². The summed E-state index contributed by atoms with van der Waals surface area (Å²) in [6, 6.07) is 0. The van der Waals surface area contributed by atoms with Crippen LogP contribution >= 0.6 is 0 Å². The second-order valence-electron chi connectivity index (χ2n) is 2.90. The molecule has 14 heavy (non-hydrogen) atoms. The molecule has 0 aromatic rings. The lowest BCUT2D eigenvalue weighted by molar-refractivity contribution is -0.137. The Morgan fingerprint density at radius 1 is 1.36 bits per heavy atom. The third-order valence-corrected chi connectivity index (χ3v) is 2.16. The number of nitrogens with zero attached hydrogens (tertiary/aromatic N) is 2. The third kappa shape index (κ3) is 1.05. The zero-order valence-electron chi connectivity index (χ0n) is 7.65. The van der Waals surface area contributed by atoms with Gasteiger partial charge < -0.3 is 0 Å². The molecule has 0 fully saturated rings. The number of rotatable bonds is 1. The van der Waals surface area contributed by atoms with Crippen LogP contribution in [-0.4, -0.2) is 29.1 Å². The molecule has 0 N–H and O–H groups in total. The summed E-state index contributed by atoms with van der Waals surface area (Å²) in [5.74, 6) is 2.06. The summed E-state index contributed by atoms with van der Waals surface area (Å²) in [6.07, 6.45) is 4.45. The first kappa shape index (κ1) is 8.66. The highest BCUT2D eigenvalue weighted by atomic mass is 16.2. The van der Waals surface area contributed by atoms with Crippen LogP contribution in [0.4, 0.5) is 0 Å². The topological polar surface area (TPSA) is 49.7 Å². The van der Waals surface area contributed by atoms with Gasteiger partial charge in [-0.25, -0.2) is 4.99 Å². The number of imide groups is 1. The predicted molar refractivity (Wildman–Crippen MR) is 50.6 cm³/mol. The average Bonchev–Trinajstić information content (AvgIpc) is 2.39. The maximum atomic E-state index is 11.6. The molecule has 0 radical (unpaired) electrons. The van der Waals surface area contributed by atoms with Gasteiger partial charge in [-0.1, -0.05) is 0 Å². The molecule has 0 aromatic carbocycles. The fraction of sp³-hybridized carbons (Fsp3) is 0.200. The van der Waals surface area contributed by atoms with Gasteiger partial charge in [0.15, 0.2) is 0 Å². The number of hydrogen-bond acceptors (Lipinski definition) is 3. The van der Waals surface area contributed by atoms with Crippen LogP contribution in [0.1, 0.15) is 6.92 Å². The molecule has 0 bridgehead atoms. The van der Waals surface area contributed by atoms with Gasteiger partial charge in [0.1, 0.15) is 0 Å². The molecule has 0 aliphatic carbocycles. The second kappa shape index (κ2) is 3.09. The summed E-state index contributed by atoms with van der Waals surface area (Å²) >= 11 is 0. The Morgan fingerprint density at radius 3 is 2.79 bits per heavy atom. The van der Waals surface area contributed by atoms with Gasteiger partial charge in [-0.15, -0.1) is 0 Å². The van der Waals surface area contributed by atoms with Crippen LogP contribution in [0, 0.1) is 0 Å². The van der Waals surface area contributed by atoms with E-state index >= 15 is 0 Å². The molecule has 0 spiro atoms. The van der Waals surface area contributed by atoms with E-state index in [1.54, 1.807) is 13.0 Å². The van der Waals surface area contributed by atoms with Gasteiger partial charge in [0, 0.05) is 18.8 Å². The normalized spacial score (nSPS) is 19.4. The van der Waals surface area contributed by atoms with Crippen LogP contribution in [0.3, 0.4) is 0 Å². The van der Waals surface area contributed by atoms with Crippen LogP contribution in [0.5, 0.6) is 0 Å². The lowest BCUT2D eigenvalue weighted by Gasteiger charge is -2.10. The molecule has 2 amide bonds. The smallest absolute Gasteiger partial charge is 0.262 e. The molecule has 0 unspecified atom stereocenters. The Morgan fingerprint density at radius 2 is 2.07 bits per heavy atom. The van der Waals surface area contributed by atoms with Crippen molar-refractivity contribution in [3.8, 4) is 0 Å². The number of amides is 2. The van der Waals surface area contributed by atoms with Crippen molar-refractivity contribution in [1.29, 1.82) is 0 Å². The molecule has 2 aliphatic rings. The quantitative estimate of drug-likeness (QED) is 0.560. The number of hydrogen-bond donors (Lipinski definition) is 0. The summed E-state index contributed by atoms with van der Waals surface area (Å²) in [5.41, 5.74) is 0.792. The molecular formula is C10H8N2O2. The van der Waals surface area contributed by atoms with Gasteiger partial charge in [-0.05, 0) is 18.9 Å². The molecule has 0 atom stereocenters. The van der Waals surface area contributed by atoms with E-state index in [1.165, 1.54) is 17.2 Å². The van der Waals surface area contributed by atoms with Gasteiger partial charge in [0.2, 0.25) is 0 Å². The molecule has 0 saturated carbocycles. The van der Waals surface area contributed by atoms with Gasteiger partial charge >= 0.3 is 0 Å². The van der Waals surface area contributed by atoms with Crippen molar-refractivity contribution in [3.63, 3.8) is 0 Å². The SMILES string of the molecule is CCN1C(=O)C2=C(C=CN=C=C2)C1=O. The Kier molecular flexibility index (Phi) is 1.91. The maximum absolute atomic E-state index is 11.6. The van der Waals surface area contributed by atoms with Crippen molar-refractivity contribution in [2.24, 2.45) is 4.99 Å². The van der Waals surface area contributed by atoms with Crippen molar-refractivity contribution in [3.05, 3.63) is 29.5 Å². The van der Waals surface area contributed by atoms with E-state index < -0.39 is 0 Å². The first-order valence-corrected chi connectivity index (χ1v) is 4.31. The predicted octanol–water partition coefficient (Wildman–Crippen LogP) is 0.425. The van der Waals surface area contributed by atoms with Crippen LogP contribution < -0.4 is 0 Å². The van der Waals surface area contributed by atoms with Gasteiger partial charge in [0.25, 0.3) is 11.8 Å². The fourth-order valence-electron chi connectivity index (χ4n) is 1.46. The molecule has 4 nitrogen and oxygen atoms in total. The Hall–Kier alpha value is -1.93. The van der Waals surface area contributed by atoms with E-state index in [1.807, 2.05) is 0 Å². The minimum Gasteiger partial charge on any atom is -0.275 e. The zero-order chi connectivity index (χ0) is 10.1. The highest BCUT2D eigenvalue weighted by molar-refractivity contribution is 6.22. The highest BCUT2D eigenvalue weighted by Gasteiger charge is 2.34. The highest BCUT2D eigenvalue weighted by Crippen LogP contribution is 2.22. The standard InChI is InChI=1S/C10H8N2O2/c1-2-12-9(13)7-3-5-11-6-4-8(7)10(12)14/h3-5H,2H2,1H3. The van der Waals surface area contributed by atoms with E-state index in [0.717, 1.165) is 0 Å². The van der Waals surface area contributed by atoms with E-state index in [-0.39, 0.29) is 11.8 Å². The van der Waals surface area contributed by atoms with Crippen LogP contribution in [0.15, 0.2) is 34.5 Å². The number of aliphatic imine (C=N–C) groups is 1. The molecule has 70 valence electrons. The molecule has 2 rings (SSSR count). The van der Waals surface area contributed by atoms with Crippen molar-refractivity contribution in [1.82, 2.24) is 4.90 Å².